The Morgan fingerprint density at radius 2 is 1.67 bits per heavy atom. The molecule has 0 amide bonds. The monoisotopic (exact) mass is 335 g/mol. The zero-order chi connectivity index (χ0) is 17.8. The number of hydrogen-bond acceptors (Lipinski definition) is 4. The molecule has 24 heavy (non-hydrogen) atoms. The minimum Gasteiger partial charge on any atom is -0.497 e. The van der Waals surface area contributed by atoms with E-state index in [1.807, 2.05) is 12.1 Å². The van der Waals surface area contributed by atoms with Gasteiger partial charge in [0.15, 0.2) is 0 Å². The average molecular weight is 335 g/mol. The van der Waals surface area contributed by atoms with Crippen LogP contribution in [0.15, 0.2) is 24.3 Å². The van der Waals surface area contributed by atoms with Gasteiger partial charge in [-0.3, -0.25) is 4.84 Å². The van der Waals surface area contributed by atoms with Gasteiger partial charge in [0.05, 0.1) is 13.7 Å². The normalized spacial score (nSPS) is 21.4. The minimum absolute atomic E-state index is 0.00468. The molecule has 0 aliphatic carbocycles. The summed E-state index contributed by atoms with van der Waals surface area (Å²) >= 11 is 0. The van der Waals surface area contributed by atoms with Crippen LogP contribution in [0.1, 0.15) is 58.9 Å². The largest absolute Gasteiger partial charge is 0.497 e. The molecular weight excluding hydrogens is 302 g/mol. The van der Waals surface area contributed by atoms with Crippen molar-refractivity contribution in [3.63, 3.8) is 0 Å². The Morgan fingerprint density at radius 1 is 1.08 bits per heavy atom. The van der Waals surface area contributed by atoms with Crippen LogP contribution in [0.3, 0.4) is 0 Å². The Kier molecular flexibility index (Phi) is 6.29. The predicted molar refractivity (Wildman–Crippen MR) is 97.1 cm³/mol. The summed E-state index contributed by atoms with van der Waals surface area (Å²) in [6, 6.07) is 8.09. The molecule has 0 radical (unpaired) electrons. The van der Waals surface area contributed by atoms with Crippen LogP contribution in [0.25, 0.3) is 0 Å². The summed E-state index contributed by atoms with van der Waals surface area (Å²) < 4.78 is 5.19. The zero-order valence-corrected chi connectivity index (χ0v) is 15.8. The molecule has 0 unspecified atom stereocenters. The van der Waals surface area contributed by atoms with E-state index in [9.17, 15) is 5.11 Å². The van der Waals surface area contributed by atoms with Gasteiger partial charge in [-0.2, -0.15) is 5.06 Å². The van der Waals surface area contributed by atoms with Crippen molar-refractivity contribution >= 4 is 0 Å². The third-order valence-corrected chi connectivity index (χ3v) is 5.05. The molecule has 1 aromatic carbocycles. The Balaban J connectivity index is 1.97. The number of piperidine rings is 1. The second-order valence-corrected chi connectivity index (χ2v) is 8.07. The van der Waals surface area contributed by atoms with Crippen LogP contribution in [-0.2, 0) is 11.3 Å². The first-order valence-electron chi connectivity index (χ1n) is 8.99. The number of hydroxylamine groups is 2. The molecule has 0 bridgehead atoms. The quantitative estimate of drug-likeness (QED) is 0.819. The predicted octanol–water partition coefficient (Wildman–Crippen LogP) is 3.96. The van der Waals surface area contributed by atoms with Gasteiger partial charge in [0.25, 0.3) is 0 Å². The SMILES string of the molecule is COc1ccc(CC[C@@H](CO)ON2C(C)(C)CCCC2(C)C)cc1. The van der Waals surface area contributed by atoms with Crippen molar-refractivity contribution in [2.75, 3.05) is 13.7 Å². The van der Waals surface area contributed by atoms with Crippen LogP contribution in [0, 0.1) is 0 Å². The third kappa shape index (κ3) is 4.71. The van der Waals surface area contributed by atoms with Crippen LogP contribution in [-0.4, -0.2) is 41.1 Å². The molecular formula is C20H33NO3. The van der Waals surface area contributed by atoms with Crippen molar-refractivity contribution in [2.24, 2.45) is 0 Å². The third-order valence-electron chi connectivity index (χ3n) is 5.05. The fraction of sp³-hybridized carbons (Fsp3) is 0.700. The molecule has 1 atom stereocenters. The summed E-state index contributed by atoms with van der Waals surface area (Å²) in [4.78, 5) is 6.30. The maximum Gasteiger partial charge on any atom is 0.118 e. The standard InChI is InChI=1S/C20H33NO3/c1-19(2)13-6-14-20(3,4)21(19)24-18(15-22)12-9-16-7-10-17(23-5)11-8-16/h7-8,10-11,18,22H,6,9,12-15H2,1-5H3/t18-/m0/s1. The Labute approximate surface area is 146 Å². The van der Waals surface area contributed by atoms with Crippen LogP contribution < -0.4 is 4.74 Å². The smallest absolute Gasteiger partial charge is 0.118 e. The number of rotatable bonds is 7. The summed E-state index contributed by atoms with van der Waals surface area (Å²) in [5.41, 5.74) is 1.22. The molecule has 1 aliphatic rings. The van der Waals surface area contributed by atoms with Crippen LogP contribution >= 0.6 is 0 Å². The van der Waals surface area contributed by atoms with Gasteiger partial charge in [-0.15, -0.1) is 0 Å². The summed E-state index contributed by atoms with van der Waals surface area (Å²) in [6.45, 7) is 8.95. The Bertz CT molecular complexity index is 494. The number of aliphatic hydroxyl groups is 1. The van der Waals surface area contributed by atoms with Gasteiger partial charge in [0, 0.05) is 11.1 Å². The Hall–Kier alpha value is -1.10. The molecule has 0 saturated carbocycles. The van der Waals surface area contributed by atoms with E-state index in [1.54, 1.807) is 7.11 Å². The zero-order valence-electron chi connectivity index (χ0n) is 15.8. The van der Waals surface area contributed by atoms with Gasteiger partial charge in [0.1, 0.15) is 11.9 Å². The molecule has 1 aliphatic heterocycles. The van der Waals surface area contributed by atoms with Gasteiger partial charge >= 0.3 is 0 Å². The number of aryl methyl sites for hydroxylation is 1. The highest BCUT2D eigenvalue weighted by atomic mass is 16.7. The maximum atomic E-state index is 9.79. The van der Waals surface area contributed by atoms with Crippen LogP contribution in [0.5, 0.6) is 5.75 Å². The minimum atomic E-state index is -0.177. The molecule has 1 heterocycles. The lowest BCUT2D eigenvalue weighted by molar-refractivity contribution is -0.309. The number of benzene rings is 1. The molecule has 0 aromatic heterocycles. The molecule has 1 fully saturated rings. The van der Waals surface area contributed by atoms with Crippen molar-refractivity contribution in [2.45, 2.75) is 77.0 Å². The van der Waals surface area contributed by atoms with Crippen molar-refractivity contribution in [3.8, 4) is 5.75 Å². The van der Waals surface area contributed by atoms with Crippen molar-refractivity contribution in [1.82, 2.24) is 5.06 Å². The van der Waals surface area contributed by atoms with Gasteiger partial charge < -0.3 is 9.84 Å². The highest BCUT2D eigenvalue weighted by molar-refractivity contribution is 5.27. The van der Waals surface area contributed by atoms with Crippen molar-refractivity contribution < 1.29 is 14.7 Å². The second-order valence-electron chi connectivity index (χ2n) is 8.07. The topological polar surface area (TPSA) is 41.9 Å². The highest BCUT2D eigenvalue weighted by Crippen LogP contribution is 2.39. The molecule has 1 N–H and O–H groups in total. The first-order valence-corrected chi connectivity index (χ1v) is 8.99. The maximum absolute atomic E-state index is 9.79. The highest BCUT2D eigenvalue weighted by Gasteiger charge is 2.43. The molecule has 1 aromatic rings. The van der Waals surface area contributed by atoms with E-state index in [1.165, 1.54) is 12.0 Å². The lowest BCUT2D eigenvalue weighted by Crippen LogP contribution is -2.59. The van der Waals surface area contributed by atoms with Crippen molar-refractivity contribution in [3.05, 3.63) is 29.8 Å². The van der Waals surface area contributed by atoms with Gasteiger partial charge in [-0.1, -0.05) is 12.1 Å². The van der Waals surface area contributed by atoms with Crippen LogP contribution in [0.4, 0.5) is 0 Å². The second kappa shape index (κ2) is 7.85. The van der Waals surface area contributed by atoms with E-state index in [4.69, 9.17) is 9.57 Å². The number of ether oxygens (including phenoxy) is 1. The fourth-order valence-corrected chi connectivity index (χ4v) is 3.71. The summed E-state index contributed by atoms with van der Waals surface area (Å²) in [5, 5.41) is 11.9. The lowest BCUT2D eigenvalue weighted by Gasteiger charge is -2.52. The van der Waals surface area contributed by atoms with Gasteiger partial charge in [-0.25, -0.2) is 0 Å². The number of hydrogen-bond donors (Lipinski definition) is 1. The van der Waals surface area contributed by atoms with E-state index in [2.05, 4.69) is 44.9 Å². The molecule has 4 heteroatoms. The number of aliphatic hydroxyl groups excluding tert-OH is 1. The fourth-order valence-electron chi connectivity index (χ4n) is 3.71. The molecule has 136 valence electrons. The molecule has 1 saturated heterocycles. The summed E-state index contributed by atoms with van der Waals surface area (Å²) in [6.07, 6.45) is 4.95. The van der Waals surface area contributed by atoms with E-state index in [-0.39, 0.29) is 23.8 Å². The van der Waals surface area contributed by atoms with Gasteiger partial charge in [0.2, 0.25) is 0 Å². The lowest BCUT2D eigenvalue weighted by atomic mass is 9.82. The van der Waals surface area contributed by atoms with Crippen LogP contribution in [0.2, 0.25) is 0 Å². The Morgan fingerprint density at radius 3 is 2.17 bits per heavy atom. The summed E-state index contributed by atoms with van der Waals surface area (Å²) in [7, 11) is 1.67. The molecule has 0 spiro atoms. The van der Waals surface area contributed by atoms with Crippen molar-refractivity contribution in [1.29, 1.82) is 0 Å². The van der Waals surface area contributed by atoms with Gasteiger partial charge in [-0.05, 0) is 77.5 Å². The van der Waals surface area contributed by atoms with E-state index in [0.717, 1.165) is 31.4 Å². The number of methoxy groups -OCH3 is 1. The average Bonchev–Trinajstić information content (AvgIpc) is 2.53. The molecule has 4 nitrogen and oxygen atoms in total. The van der Waals surface area contributed by atoms with E-state index in [0.29, 0.717) is 0 Å². The number of nitrogens with zero attached hydrogens (tertiary/aromatic N) is 1. The van der Waals surface area contributed by atoms with E-state index >= 15 is 0 Å². The van der Waals surface area contributed by atoms with E-state index < -0.39 is 0 Å². The summed E-state index contributed by atoms with van der Waals surface area (Å²) in [5.74, 6) is 0.866. The first kappa shape index (κ1) is 19.2. The molecule has 2 rings (SSSR count). The first-order chi connectivity index (χ1) is 11.3.